The molecule has 0 spiro atoms. The van der Waals surface area contributed by atoms with E-state index in [-0.39, 0.29) is 0 Å². The lowest BCUT2D eigenvalue weighted by molar-refractivity contribution is 0.141. The van der Waals surface area contributed by atoms with Crippen molar-refractivity contribution in [1.29, 1.82) is 0 Å². The van der Waals surface area contributed by atoms with Gasteiger partial charge in [0.1, 0.15) is 11.1 Å². The average Bonchev–Trinajstić information content (AvgIpc) is 2.99. The molecule has 0 amide bonds. The summed E-state index contributed by atoms with van der Waals surface area (Å²) in [5.41, 5.74) is 10.2. The highest BCUT2D eigenvalue weighted by atomic mass is 32.2. The molecule has 28 heavy (non-hydrogen) atoms. The maximum atomic E-state index is 11.7. The van der Waals surface area contributed by atoms with Crippen molar-refractivity contribution in [3.05, 3.63) is 51.5 Å². The Bertz CT molecular complexity index is 1110. The van der Waals surface area contributed by atoms with Crippen LogP contribution in [0.15, 0.2) is 24.3 Å². The number of thiophene rings is 1. The van der Waals surface area contributed by atoms with Gasteiger partial charge in [-0.05, 0) is 37.5 Å². The third-order valence-electron chi connectivity index (χ3n) is 5.00. The van der Waals surface area contributed by atoms with Crippen LogP contribution in [0, 0.1) is 13.8 Å². The Morgan fingerprint density at radius 1 is 1.21 bits per heavy atom. The van der Waals surface area contributed by atoms with E-state index in [2.05, 4.69) is 15.5 Å². The van der Waals surface area contributed by atoms with Gasteiger partial charge in [0.25, 0.3) is 0 Å². The average molecular weight is 421 g/mol. The maximum absolute atomic E-state index is 11.7. The van der Waals surface area contributed by atoms with Gasteiger partial charge < -0.3 is 10.8 Å². The van der Waals surface area contributed by atoms with Gasteiger partial charge in [0.05, 0.1) is 21.5 Å². The SMILES string of the molecule is Cc1nnc2sc(C(O)NCc3ccc(C(C)S(C)(=O)=O)cc3)c(N)c2c1C. The Balaban J connectivity index is 1.74. The number of aromatic nitrogens is 2. The summed E-state index contributed by atoms with van der Waals surface area (Å²) in [5.74, 6) is 0. The van der Waals surface area contributed by atoms with Crippen molar-refractivity contribution >= 4 is 37.1 Å². The van der Waals surface area contributed by atoms with Crippen LogP contribution >= 0.6 is 11.3 Å². The Hall–Kier alpha value is -2.07. The van der Waals surface area contributed by atoms with E-state index >= 15 is 0 Å². The van der Waals surface area contributed by atoms with Crippen molar-refractivity contribution in [1.82, 2.24) is 15.5 Å². The molecular weight excluding hydrogens is 396 g/mol. The molecule has 7 nitrogen and oxygen atoms in total. The standard InChI is InChI=1S/C19H24N4O3S2/c1-10-11(2)22-23-19-15(10)16(20)17(27-19)18(24)21-9-13-5-7-14(8-6-13)12(3)28(4,25)26/h5-8,12,18,21,24H,9,20H2,1-4H3. The van der Waals surface area contributed by atoms with Crippen molar-refractivity contribution in [3.8, 4) is 0 Å². The Morgan fingerprint density at radius 2 is 1.86 bits per heavy atom. The minimum Gasteiger partial charge on any atom is -0.397 e. The van der Waals surface area contributed by atoms with Crippen molar-refractivity contribution < 1.29 is 13.5 Å². The van der Waals surface area contributed by atoms with Crippen molar-refractivity contribution in [3.63, 3.8) is 0 Å². The summed E-state index contributed by atoms with van der Waals surface area (Å²) < 4.78 is 23.3. The van der Waals surface area contributed by atoms with Gasteiger partial charge in [0.2, 0.25) is 0 Å². The number of hydrogen-bond acceptors (Lipinski definition) is 8. The highest BCUT2D eigenvalue weighted by molar-refractivity contribution is 7.90. The molecule has 150 valence electrons. The number of aliphatic hydroxyl groups excluding tert-OH is 1. The molecule has 2 aromatic heterocycles. The fraction of sp³-hybridized carbons (Fsp3) is 0.368. The molecule has 2 atom stereocenters. The van der Waals surface area contributed by atoms with Gasteiger partial charge in [-0.2, -0.15) is 5.10 Å². The fourth-order valence-electron chi connectivity index (χ4n) is 2.92. The van der Waals surface area contributed by atoms with Crippen molar-refractivity contribution in [2.75, 3.05) is 12.0 Å². The summed E-state index contributed by atoms with van der Waals surface area (Å²) in [5, 5.41) is 22.2. The van der Waals surface area contributed by atoms with E-state index in [1.807, 2.05) is 26.0 Å². The lowest BCUT2D eigenvalue weighted by atomic mass is 10.1. The minimum atomic E-state index is -3.13. The van der Waals surface area contributed by atoms with Crippen molar-refractivity contribution in [2.24, 2.45) is 0 Å². The lowest BCUT2D eigenvalue weighted by Crippen LogP contribution is -2.20. The summed E-state index contributed by atoms with van der Waals surface area (Å²) in [7, 11) is -3.13. The molecular formula is C19H24N4O3S2. The highest BCUT2D eigenvalue weighted by Crippen LogP contribution is 2.37. The molecule has 0 aliphatic heterocycles. The number of hydrogen-bond donors (Lipinski definition) is 3. The third-order valence-corrected chi connectivity index (χ3v) is 7.70. The number of aryl methyl sites for hydroxylation is 2. The zero-order chi connectivity index (χ0) is 20.6. The number of rotatable bonds is 6. The number of nitrogens with two attached hydrogens (primary N) is 1. The molecule has 1 aromatic carbocycles. The van der Waals surface area contributed by atoms with E-state index in [0.717, 1.165) is 27.8 Å². The van der Waals surface area contributed by atoms with E-state index in [0.29, 0.717) is 21.9 Å². The van der Waals surface area contributed by atoms with E-state index < -0.39 is 21.3 Å². The first-order valence-corrected chi connectivity index (χ1v) is 11.6. The van der Waals surface area contributed by atoms with Gasteiger partial charge in [0, 0.05) is 18.2 Å². The molecule has 2 unspecified atom stereocenters. The first-order valence-electron chi connectivity index (χ1n) is 8.80. The van der Waals surface area contributed by atoms with Gasteiger partial charge in [-0.25, -0.2) is 8.42 Å². The molecule has 0 saturated carbocycles. The summed E-state index contributed by atoms with van der Waals surface area (Å²) in [6.07, 6.45) is 0.292. The van der Waals surface area contributed by atoms with Crippen LogP contribution in [-0.4, -0.2) is 30.0 Å². The zero-order valence-electron chi connectivity index (χ0n) is 16.2. The van der Waals surface area contributed by atoms with E-state index in [1.165, 1.54) is 17.6 Å². The van der Waals surface area contributed by atoms with Gasteiger partial charge in [-0.15, -0.1) is 16.4 Å². The van der Waals surface area contributed by atoms with Gasteiger partial charge in [0.15, 0.2) is 9.84 Å². The predicted octanol–water partition coefficient (Wildman–Crippen LogP) is 2.78. The second-order valence-electron chi connectivity index (χ2n) is 6.97. The Kier molecular flexibility index (Phi) is 5.72. The summed E-state index contributed by atoms with van der Waals surface area (Å²) in [4.78, 5) is 1.32. The van der Waals surface area contributed by atoms with Crippen LogP contribution in [0.3, 0.4) is 0 Å². The highest BCUT2D eigenvalue weighted by Gasteiger charge is 2.20. The zero-order valence-corrected chi connectivity index (χ0v) is 17.9. The summed E-state index contributed by atoms with van der Waals surface area (Å²) >= 11 is 1.32. The Labute approximate surface area is 168 Å². The van der Waals surface area contributed by atoms with Gasteiger partial charge in [-0.3, -0.25) is 5.32 Å². The number of aliphatic hydroxyl groups is 1. The number of sulfone groups is 1. The predicted molar refractivity (Wildman–Crippen MR) is 113 cm³/mol. The van der Waals surface area contributed by atoms with Gasteiger partial charge in [-0.1, -0.05) is 24.3 Å². The molecule has 9 heteroatoms. The normalized spacial score (nSPS) is 14.3. The van der Waals surface area contributed by atoms with Crippen LogP contribution in [0.25, 0.3) is 10.2 Å². The summed E-state index contributed by atoms with van der Waals surface area (Å²) in [6.45, 7) is 5.90. The molecule has 0 aliphatic carbocycles. The number of nitrogen functional groups attached to an aromatic ring is 1. The van der Waals surface area contributed by atoms with Crippen LogP contribution in [-0.2, 0) is 16.4 Å². The molecule has 0 fully saturated rings. The third kappa shape index (κ3) is 4.02. The topological polar surface area (TPSA) is 118 Å². The van der Waals surface area contributed by atoms with Crippen LogP contribution in [0.1, 0.15) is 45.7 Å². The van der Waals surface area contributed by atoms with E-state index in [4.69, 9.17) is 5.73 Å². The monoisotopic (exact) mass is 420 g/mol. The van der Waals surface area contributed by atoms with E-state index in [1.54, 1.807) is 19.1 Å². The molecule has 0 saturated heterocycles. The smallest absolute Gasteiger partial charge is 0.154 e. The molecule has 3 rings (SSSR count). The minimum absolute atomic E-state index is 0.409. The second kappa shape index (κ2) is 7.75. The number of nitrogens with one attached hydrogen (secondary N) is 1. The number of benzene rings is 1. The maximum Gasteiger partial charge on any atom is 0.154 e. The van der Waals surface area contributed by atoms with Crippen molar-refractivity contribution in [2.45, 2.75) is 38.8 Å². The van der Waals surface area contributed by atoms with Gasteiger partial charge >= 0.3 is 0 Å². The largest absolute Gasteiger partial charge is 0.397 e. The molecule has 3 aromatic rings. The lowest BCUT2D eigenvalue weighted by Gasteiger charge is -2.14. The quantitative estimate of drug-likeness (QED) is 0.525. The number of anilines is 1. The molecule has 4 N–H and O–H groups in total. The molecule has 0 bridgehead atoms. The van der Waals surface area contributed by atoms with Crippen LogP contribution in [0.5, 0.6) is 0 Å². The summed E-state index contributed by atoms with van der Waals surface area (Å²) in [6, 6.07) is 7.29. The first kappa shape index (κ1) is 20.7. The first-order chi connectivity index (χ1) is 13.1. The molecule has 0 radical (unpaired) electrons. The van der Waals surface area contributed by atoms with Crippen LogP contribution in [0.4, 0.5) is 5.69 Å². The molecule has 2 heterocycles. The fourth-order valence-corrected chi connectivity index (χ4v) is 4.64. The number of nitrogens with zero attached hydrogens (tertiary/aromatic N) is 2. The number of fused-ring (bicyclic) bond motifs is 1. The second-order valence-corrected chi connectivity index (χ2v) is 10.4. The van der Waals surface area contributed by atoms with Crippen LogP contribution < -0.4 is 11.1 Å². The van der Waals surface area contributed by atoms with Crippen LogP contribution in [0.2, 0.25) is 0 Å². The molecule has 0 aliphatic rings. The Morgan fingerprint density at radius 3 is 2.46 bits per heavy atom. The van der Waals surface area contributed by atoms with E-state index in [9.17, 15) is 13.5 Å².